The molecule has 0 amide bonds. The zero-order valence-corrected chi connectivity index (χ0v) is 15.6. The Hall–Kier alpha value is -0.610. The van der Waals surface area contributed by atoms with Gasteiger partial charge >= 0.3 is 12.5 Å². The molecule has 0 aliphatic carbocycles. The van der Waals surface area contributed by atoms with Crippen molar-refractivity contribution >= 4 is 36.4 Å². The van der Waals surface area contributed by atoms with Crippen LogP contribution in [0.3, 0.4) is 0 Å². The molecule has 1 saturated heterocycles. The maximum absolute atomic E-state index is 12.9. The van der Waals surface area contributed by atoms with E-state index in [9.17, 15) is 26.3 Å². The number of hydrogen-bond donors (Lipinski definition) is 1. The van der Waals surface area contributed by atoms with E-state index in [1.807, 2.05) is 0 Å². The fraction of sp³-hybridized carbons (Fsp3) is 0.571. The van der Waals surface area contributed by atoms with Gasteiger partial charge < -0.3 is 10.1 Å². The van der Waals surface area contributed by atoms with E-state index in [1.54, 1.807) is 4.90 Å². The largest absolute Gasteiger partial charge is 0.573 e. The highest BCUT2D eigenvalue weighted by atomic mass is 35.5. The Kier molecular flexibility index (Phi) is 9.84. The first kappa shape index (κ1) is 25.4. The van der Waals surface area contributed by atoms with Gasteiger partial charge in [0.1, 0.15) is 5.75 Å². The summed E-state index contributed by atoms with van der Waals surface area (Å²) in [5.74, 6) is -0.640. The minimum absolute atomic E-state index is 0. The number of rotatable bonds is 4. The van der Waals surface area contributed by atoms with E-state index >= 15 is 0 Å². The molecule has 1 heterocycles. The van der Waals surface area contributed by atoms with E-state index in [0.717, 1.165) is 12.1 Å². The Labute approximate surface area is 163 Å². The average Bonchev–Trinajstić information content (AvgIpc) is 2.46. The van der Waals surface area contributed by atoms with Crippen LogP contribution in [0.4, 0.5) is 26.3 Å². The minimum Gasteiger partial charge on any atom is -0.404 e. The van der Waals surface area contributed by atoms with Gasteiger partial charge in [0.25, 0.3) is 0 Å². The van der Waals surface area contributed by atoms with E-state index < -0.39 is 30.8 Å². The minimum atomic E-state index is -4.92. The molecule has 0 unspecified atom stereocenters. The van der Waals surface area contributed by atoms with Gasteiger partial charge in [0.2, 0.25) is 0 Å². The van der Waals surface area contributed by atoms with E-state index in [0.29, 0.717) is 26.2 Å². The molecule has 1 fully saturated rings. The molecular formula is C14H17Cl3F6N2O. The van der Waals surface area contributed by atoms with E-state index in [1.165, 1.54) is 6.07 Å². The second-order valence-electron chi connectivity index (χ2n) is 5.36. The molecule has 1 aliphatic rings. The third-order valence-electron chi connectivity index (χ3n) is 3.58. The van der Waals surface area contributed by atoms with Crippen molar-refractivity contribution in [3.8, 4) is 5.75 Å². The number of ether oxygens (including phenoxy) is 1. The quantitative estimate of drug-likeness (QED) is 0.656. The van der Waals surface area contributed by atoms with Gasteiger partial charge in [0.05, 0.1) is 11.4 Å². The number of benzene rings is 1. The summed E-state index contributed by atoms with van der Waals surface area (Å²) < 4.78 is 79.2. The molecule has 0 radical (unpaired) electrons. The van der Waals surface area contributed by atoms with Gasteiger partial charge in [0, 0.05) is 32.2 Å². The van der Waals surface area contributed by atoms with Crippen molar-refractivity contribution in [3.63, 3.8) is 0 Å². The van der Waals surface area contributed by atoms with Crippen molar-refractivity contribution in [1.82, 2.24) is 10.2 Å². The first-order valence-corrected chi connectivity index (χ1v) is 7.50. The molecule has 1 N–H and O–H groups in total. The van der Waals surface area contributed by atoms with Gasteiger partial charge in [-0.15, -0.1) is 38.0 Å². The van der Waals surface area contributed by atoms with E-state index in [-0.39, 0.29) is 35.4 Å². The third-order valence-corrected chi connectivity index (χ3v) is 3.88. The molecule has 1 aliphatic heterocycles. The molecule has 152 valence electrons. The summed E-state index contributed by atoms with van der Waals surface area (Å²) in [6.07, 6.45) is -10.4. The monoisotopic (exact) mass is 448 g/mol. The van der Waals surface area contributed by atoms with Gasteiger partial charge in [-0.3, -0.25) is 4.90 Å². The fourth-order valence-corrected chi connectivity index (χ4v) is 2.83. The van der Waals surface area contributed by atoms with Crippen LogP contribution in [-0.2, 0) is 0 Å². The molecule has 1 atom stereocenters. The van der Waals surface area contributed by atoms with Crippen LogP contribution in [0, 0.1) is 0 Å². The number of halogens is 9. The van der Waals surface area contributed by atoms with Crippen molar-refractivity contribution in [2.45, 2.75) is 25.0 Å². The van der Waals surface area contributed by atoms with Crippen LogP contribution in [0.25, 0.3) is 0 Å². The highest BCUT2D eigenvalue weighted by molar-refractivity contribution is 6.32. The van der Waals surface area contributed by atoms with Crippen molar-refractivity contribution in [3.05, 3.63) is 28.8 Å². The first-order valence-electron chi connectivity index (χ1n) is 7.12. The SMILES string of the molecule is Cl.Cl.FC(F)(F)C[C@H](c1ccc(OC(F)(F)F)c(Cl)c1)N1CCNCC1. The first-order chi connectivity index (χ1) is 11.1. The maximum Gasteiger partial charge on any atom is 0.573 e. The van der Waals surface area contributed by atoms with Crippen molar-refractivity contribution < 1.29 is 31.1 Å². The Morgan fingerprint density at radius 1 is 1.08 bits per heavy atom. The smallest absolute Gasteiger partial charge is 0.404 e. The summed E-state index contributed by atoms with van der Waals surface area (Å²) in [6, 6.07) is 2.22. The number of alkyl halides is 6. The highest BCUT2D eigenvalue weighted by Gasteiger charge is 2.37. The number of piperazine rings is 1. The van der Waals surface area contributed by atoms with Crippen molar-refractivity contribution in [2.24, 2.45) is 0 Å². The molecule has 1 aromatic carbocycles. The zero-order chi connectivity index (χ0) is 18.0. The number of nitrogens with zero attached hydrogens (tertiary/aromatic N) is 1. The molecule has 0 aromatic heterocycles. The van der Waals surface area contributed by atoms with Gasteiger partial charge in [0.15, 0.2) is 0 Å². The van der Waals surface area contributed by atoms with Crippen LogP contribution in [0.2, 0.25) is 5.02 Å². The second kappa shape index (κ2) is 10.1. The lowest BCUT2D eigenvalue weighted by Crippen LogP contribution is -2.46. The molecule has 2 rings (SSSR count). The Balaban J connectivity index is 0.00000312. The van der Waals surface area contributed by atoms with Crippen molar-refractivity contribution in [2.75, 3.05) is 26.2 Å². The number of nitrogens with one attached hydrogen (secondary N) is 1. The summed E-state index contributed by atoms with van der Waals surface area (Å²) in [6.45, 7) is 1.88. The fourth-order valence-electron chi connectivity index (χ4n) is 2.60. The van der Waals surface area contributed by atoms with Crippen LogP contribution < -0.4 is 10.1 Å². The lowest BCUT2D eigenvalue weighted by molar-refractivity contribution is -0.274. The number of hydrogen-bond acceptors (Lipinski definition) is 3. The lowest BCUT2D eigenvalue weighted by Gasteiger charge is -2.35. The Bertz CT molecular complexity index is 565. The van der Waals surface area contributed by atoms with Crippen LogP contribution in [0.1, 0.15) is 18.0 Å². The summed E-state index contributed by atoms with van der Waals surface area (Å²) >= 11 is 5.75. The summed E-state index contributed by atoms with van der Waals surface area (Å²) in [5, 5.41) is 2.65. The highest BCUT2D eigenvalue weighted by Crippen LogP contribution is 2.38. The summed E-state index contributed by atoms with van der Waals surface area (Å²) in [4.78, 5) is 1.64. The Morgan fingerprint density at radius 3 is 2.12 bits per heavy atom. The molecule has 0 saturated carbocycles. The standard InChI is InChI=1S/C14H15ClF6N2O.2ClH/c15-10-7-9(1-2-12(10)24-14(19,20)21)11(8-13(16,17)18)23-5-3-22-4-6-23;;/h1-2,7,11,22H,3-6,8H2;2*1H/t11-;;/m1../s1. The van der Waals surface area contributed by atoms with Crippen LogP contribution in [-0.4, -0.2) is 43.6 Å². The third kappa shape index (κ3) is 7.96. The Morgan fingerprint density at radius 2 is 1.65 bits per heavy atom. The summed E-state index contributed by atoms with van der Waals surface area (Å²) in [5.41, 5.74) is 0.203. The van der Waals surface area contributed by atoms with Crippen molar-refractivity contribution in [1.29, 1.82) is 0 Å². The molecule has 0 bridgehead atoms. The van der Waals surface area contributed by atoms with Crippen LogP contribution in [0.15, 0.2) is 18.2 Å². The molecule has 0 spiro atoms. The van der Waals surface area contributed by atoms with Crippen LogP contribution in [0.5, 0.6) is 5.75 Å². The summed E-state index contributed by atoms with van der Waals surface area (Å²) in [7, 11) is 0. The van der Waals surface area contributed by atoms with Gasteiger partial charge in [-0.1, -0.05) is 17.7 Å². The predicted octanol–water partition coefficient (Wildman–Crippen LogP) is 4.98. The van der Waals surface area contributed by atoms with Gasteiger partial charge in [-0.2, -0.15) is 13.2 Å². The molecule has 1 aromatic rings. The van der Waals surface area contributed by atoms with Crippen LogP contribution >= 0.6 is 36.4 Å². The molecule has 26 heavy (non-hydrogen) atoms. The second-order valence-corrected chi connectivity index (χ2v) is 5.77. The molecular weight excluding hydrogens is 433 g/mol. The van der Waals surface area contributed by atoms with Gasteiger partial charge in [-0.25, -0.2) is 0 Å². The average molecular weight is 450 g/mol. The van der Waals surface area contributed by atoms with E-state index in [4.69, 9.17) is 11.6 Å². The zero-order valence-electron chi connectivity index (χ0n) is 13.2. The normalized spacial score (nSPS) is 17.0. The maximum atomic E-state index is 12.9. The predicted molar refractivity (Wildman–Crippen MR) is 90.5 cm³/mol. The van der Waals surface area contributed by atoms with E-state index in [2.05, 4.69) is 10.1 Å². The molecule has 3 nitrogen and oxygen atoms in total. The lowest BCUT2D eigenvalue weighted by atomic mass is 10.0. The van der Waals surface area contributed by atoms with Gasteiger partial charge in [-0.05, 0) is 17.7 Å². The molecule has 12 heteroatoms. The topological polar surface area (TPSA) is 24.5 Å².